The highest BCUT2D eigenvalue weighted by atomic mass is 32.2. The largest absolute Gasteiger partial charge is 0.379 e. The number of ether oxygens (including phenoxy) is 1. The summed E-state index contributed by atoms with van der Waals surface area (Å²) in [6, 6.07) is 6.19. The zero-order chi connectivity index (χ0) is 23.6. The molecule has 1 heterocycles. The first-order valence-electron chi connectivity index (χ1n) is 10.9. The number of morpholine rings is 1. The van der Waals surface area contributed by atoms with Crippen molar-refractivity contribution in [3.8, 4) is 0 Å². The van der Waals surface area contributed by atoms with Gasteiger partial charge in [-0.1, -0.05) is 18.9 Å². The number of carbonyl (C=O) groups excluding carboxylic acids is 1. The Kier molecular flexibility index (Phi) is 7.06. The highest BCUT2D eigenvalue weighted by molar-refractivity contribution is 7.89. The Labute approximate surface area is 191 Å². The average Bonchev–Trinajstić information content (AvgIpc) is 3.34. The van der Waals surface area contributed by atoms with Gasteiger partial charge in [-0.3, -0.25) is 4.79 Å². The zero-order valence-corrected chi connectivity index (χ0v) is 18.8. The van der Waals surface area contributed by atoms with Crippen LogP contribution in [0.2, 0.25) is 0 Å². The van der Waals surface area contributed by atoms with Crippen LogP contribution in [0.3, 0.4) is 0 Å². The second kappa shape index (κ2) is 9.82. The molecule has 4 rings (SSSR count). The number of nitrogens with zero attached hydrogens (tertiary/aromatic N) is 2. The van der Waals surface area contributed by atoms with Crippen molar-refractivity contribution in [3.63, 3.8) is 0 Å². The third-order valence-electron chi connectivity index (χ3n) is 6.19. The third kappa shape index (κ3) is 4.92. The van der Waals surface area contributed by atoms with E-state index in [0.29, 0.717) is 12.8 Å². The van der Waals surface area contributed by atoms with Crippen LogP contribution < -0.4 is 0 Å². The topological polar surface area (TPSA) is 66.9 Å². The van der Waals surface area contributed by atoms with Gasteiger partial charge in [-0.15, -0.1) is 0 Å². The number of halogens is 3. The van der Waals surface area contributed by atoms with Gasteiger partial charge in [-0.05, 0) is 43.2 Å². The van der Waals surface area contributed by atoms with E-state index < -0.39 is 38.9 Å². The summed E-state index contributed by atoms with van der Waals surface area (Å²) in [6.45, 7) is 0.432. The fourth-order valence-corrected chi connectivity index (χ4v) is 5.79. The SMILES string of the molecule is O=C(c1cc(S(=O)(=O)N2CCOCC2)ccc1F)N(Cc1c(F)cccc1F)C1CCCC1. The second-order valence-electron chi connectivity index (χ2n) is 8.23. The Morgan fingerprint density at radius 1 is 1.00 bits per heavy atom. The molecular weight excluding hydrogens is 457 g/mol. The number of hydrogen-bond donors (Lipinski definition) is 0. The van der Waals surface area contributed by atoms with Crippen LogP contribution in [0.5, 0.6) is 0 Å². The fraction of sp³-hybridized carbons (Fsp3) is 0.435. The molecule has 178 valence electrons. The molecule has 1 saturated carbocycles. The smallest absolute Gasteiger partial charge is 0.257 e. The van der Waals surface area contributed by atoms with Gasteiger partial charge in [0, 0.05) is 24.7 Å². The number of rotatable bonds is 6. The summed E-state index contributed by atoms with van der Waals surface area (Å²) in [5.74, 6) is -3.27. The molecule has 1 amide bonds. The molecule has 1 aliphatic heterocycles. The minimum Gasteiger partial charge on any atom is -0.379 e. The monoisotopic (exact) mass is 482 g/mol. The summed E-state index contributed by atoms with van der Waals surface area (Å²) < 4.78 is 75.8. The minimum absolute atomic E-state index is 0.156. The van der Waals surface area contributed by atoms with Crippen LogP contribution in [0.1, 0.15) is 41.6 Å². The Morgan fingerprint density at radius 2 is 1.64 bits per heavy atom. The molecule has 33 heavy (non-hydrogen) atoms. The number of amides is 1. The quantitative estimate of drug-likeness (QED) is 0.630. The summed E-state index contributed by atoms with van der Waals surface area (Å²) >= 11 is 0. The molecule has 0 atom stereocenters. The number of sulfonamides is 1. The summed E-state index contributed by atoms with van der Waals surface area (Å²) in [5.41, 5.74) is -0.719. The molecule has 0 bridgehead atoms. The summed E-state index contributed by atoms with van der Waals surface area (Å²) in [4.78, 5) is 14.5. The van der Waals surface area contributed by atoms with Crippen LogP contribution in [0.25, 0.3) is 0 Å². The standard InChI is InChI=1S/C23H25F3N2O4S/c24-20-6-3-7-21(25)19(20)15-28(16-4-1-2-5-16)23(29)18-14-17(8-9-22(18)26)33(30,31)27-10-12-32-13-11-27/h3,6-9,14,16H,1-2,4-5,10-13,15H2. The van der Waals surface area contributed by atoms with E-state index in [-0.39, 0.29) is 49.3 Å². The maximum Gasteiger partial charge on any atom is 0.257 e. The van der Waals surface area contributed by atoms with Gasteiger partial charge in [0.1, 0.15) is 17.5 Å². The lowest BCUT2D eigenvalue weighted by Crippen LogP contribution is -2.41. The Morgan fingerprint density at radius 3 is 2.27 bits per heavy atom. The van der Waals surface area contributed by atoms with Crippen molar-refractivity contribution in [1.82, 2.24) is 9.21 Å². The van der Waals surface area contributed by atoms with Gasteiger partial charge < -0.3 is 9.64 Å². The molecule has 0 spiro atoms. The maximum absolute atomic E-state index is 14.8. The van der Waals surface area contributed by atoms with E-state index in [1.165, 1.54) is 15.3 Å². The second-order valence-corrected chi connectivity index (χ2v) is 10.2. The van der Waals surface area contributed by atoms with E-state index in [0.717, 1.165) is 43.2 Å². The molecule has 0 radical (unpaired) electrons. The van der Waals surface area contributed by atoms with Crippen molar-refractivity contribution >= 4 is 15.9 Å². The number of hydrogen-bond acceptors (Lipinski definition) is 4. The van der Waals surface area contributed by atoms with E-state index in [1.807, 2.05) is 0 Å². The van der Waals surface area contributed by atoms with Crippen LogP contribution in [0.4, 0.5) is 13.2 Å². The molecule has 0 N–H and O–H groups in total. The molecule has 0 aromatic heterocycles. The predicted octanol–water partition coefficient (Wildman–Crippen LogP) is 3.71. The van der Waals surface area contributed by atoms with Crippen molar-refractivity contribution in [2.24, 2.45) is 0 Å². The highest BCUT2D eigenvalue weighted by Gasteiger charge is 2.33. The molecular formula is C23H25F3N2O4S. The van der Waals surface area contributed by atoms with Crippen LogP contribution in [0, 0.1) is 17.5 Å². The lowest BCUT2D eigenvalue weighted by molar-refractivity contribution is 0.0654. The first-order valence-corrected chi connectivity index (χ1v) is 12.3. The average molecular weight is 483 g/mol. The Bertz CT molecular complexity index is 1110. The first-order chi connectivity index (χ1) is 15.8. The number of carbonyl (C=O) groups is 1. The summed E-state index contributed by atoms with van der Waals surface area (Å²) in [7, 11) is -3.96. The normalized spacial score (nSPS) is 17.9. The van der Waals surface area contributed by atoms with Gasteiger partial charge >= 0.3 is 0 Å². The van der Waals surface area contributed by atoms with Crippen LogP contribution in [-0.2, 0) is 21.3 Å². The molecule has 1 saturated heterocycles. The van der Waals surface area contributed by atoms with Gasteiger partial charge in [0.05, 0.1) is 30.2 Å². The zero-order valence-electron chi connectivity index (χ0n) is 18.0. The Balaban J connectivity index is 1.69. The summed E-state index contributed by atoms with van der Waals surface area (Å²) in [6.07, 6.45) is 2.91. The summed E-state index contributed by atoms with van der Waals surface area (Å²) in [5, 5.41) is 0. The first kappa shape index (κ1) is 23.7. The van der Waals surface area contributed by atoms with E-state index in [2.05, 4.69) is 0 Å². The molecule has 2 aliphatic rings. The maximum atomic E-state index is 14.8. The molecule has 2 fully saturated rings. The van der Waals surface area contributed by atoms with Crippen LogP contribution >= 0.6 is 0 Å². The van der Waals surface area contributed by atoms with Crippen LogP contribution in [0.15, 0.2) is 41.3 Å². The van der Waals surface area contributed by atoms with E-state index >= 15 is 0 Å². The highest BCUT2D eigenvalue weighted by Crippen LogP contribution is 2.29. The molecule has 2 aromatic rings. The van der Waals surface area contributed by atoms with E-state index in [1.54, 1.807) is 0 Å². The van der Waals surface area contributed by atoms with Gasteiger partial charge in [-0.25, -0.2) is 21.6 Å². The molecule has 10 heteroatoms. The van der Waals surface area contributed by atoms with Gasteiger partial charge in [0.15, 0.2) is 0 Å². The Hall–Kier alpha value is -2.43. The van der Waals surface area contributed by atoms with Gasteiger partial charge in [0.2, 0.25) is 10.0 Å². The van der Waals surface area contributed by atoms with Crippen molar-refractivity contribution in [3.05, 3.63) is 65.0 Å². The van der Waals surface area contributed by atoms with Crippen molar-refractivity contribution in [2.75, 3.05) is 26.3 Å². The van der Waals surface area contributed by atoms with E-state index in [4.69, 9.17) is 4.74 Å². The fourth-order valence-electron chi connectivity index (χ4n) is 4.36. The van der Waals surface area contributed by atoms with Gasteiger partial charge in [-0.2, -0.15) is 4.31 Å². The molecule has 0 unspecified atom stereocenters. The minimum atomic E-state index is -3.96. The van der Waals surface area contributed by atoms with Crippen LogP contribution in [-0.4, -0.2) is 55.9 Å². The van der Waals surface area contributed by atoms with Crippen molar-refractivity contribution < 1.29 is 31.1 Å². The molecule has 6 nitrogen and oxygen atoms in total. The number of benzene rings is 2. The van der Waals surface area contributed by atoms with E-state index in [9.17, 15) is 26.4 Å². The predicted molar refractivity (Wildman–Crippen MR) is 114 cm³/mol. The third-order valence-corrected chi connectivity index (χ3v) is 8.09. The van der Waals surface area contributed by atoms with Crippen molar-refractivity contribution in [2.45, 2.75) is 43.2 Å². The van der Waals surface area contributed by atoms with Gasteiger partial charge in [0.25, 0.3) is 5.91 Å². The lowest BCUT2D eigenvalue weighted by atomic mass is 10.1. The molecule has 2 aromatic carbocycles. The molecule has 1 aliphatic carbocycles. The van der Waals surface area contributed by atoms with Crippen molar-refractivity contribution in [1.29, 1.82) is 0 Å². The lowest BCUT2D eigenvalue weighted by Gasteiger charge is -2.30.